The molecule has 0 aliphatic carbocycles. The fourth-order valence-electron chi connectivity index (χ4n) is 1.67. The molecular formula is C11H21NO. The summed E-state index contributed by atoms with van der Waals surface area (Å²) in [5.74, 6) is 0.832. The standard InChI is InChI=1S/C11H21NO/c1-10(2)9-13-7-5-11-4-3-6-12-8-11/h11-12H,1,3-9H2,2H3/t11-/m1/s1. The molecule has 13 heavy (non-hydrogen) atoms. The summed E-state index contributed by atoms with van der Waals surface area (Å²) in [5.41, 5.74) is 1.11. The second-order valence-electron chi connectivity index (χ2n) is 4.01. The highest BCUT2D eigenvalue weighted by Crippen LogP contribution is 2.13. The van der Waals surface area contributed by atoms with Crippen LogP contribution in [0, 0.1) is 5.92 Å². The molecule has 1 fully saturated rings. The highest BCUT2D eigenvalue weighted by Gasteiger charge is 2.11. The van der Waals surface area contributed by atoms with E-state index in [2.05, 4.69) is 11.9 Å². The minimum atomic E-state index is 0.722. The minimum absolute atomic E-state index is 0.722. The molecule has 0 bridgehead atoms. The molecule has 0 aromatic rings. The SMILES string of the molecule is C=C(C)COCC[C@H]1CCCNC1. The first-order valence-corrected chi connectivity index (χ1v) is 5.22. The van der Waals surface area contributed by atoms with Gasteiger partial charge in [-0.15, -0.1) is 0 Å². The van der Waals surface area contributed by atoms with E-state index in [4.69, 9.17) is 4.74 Å². The van der Waals surface area contributed by atoms with Crippen molar-refractivity contribution in [2.24, 2.45) is 5.92 Å². The summed E-state index contributed by atoms with van der Waals surface area (Å²) in [6, 6.07) is 0. The third-order valence-electron chi connectivity index (χ3n) is 2.42. The Bertz CT molecular complexity index is 150. The Morgan fingerprint density at radius 1 is 1.62 bits per heavy atom. The number of ether oxygens (including phenoxy) is 1. The average Bonchev–Trinajstić information content (AvgIpc) is 2.14. The van der Waals surface area contributed by atoms with Gasteiger partial charge in [-0.25, -0.2) is 0 Å². The third kappa shape index (κ3) is 5.06. The molecule has 0 aromatic heterocycles. The van der Waals surface area contributed by atoms with Gasteiger partial charge < -0.3 is 10.1 Å². The fraction of sp³-hybridized carbons (Fsp3) is 0.818. The van der Waals surface area contributed by atoms with Gasteiger partial charge in [-0.2, -0.15) is 0 Å². The largest absolute Gasteiger partial charge is 0.377 e. The van der Waals surface area contributed by atoms with Crippen LogP contribution in [0.3, 0.4) is 0 Å². The van der Waals surface area contributed by atoms with E-state index in [1.54, 1.807) is 0 Å². The summed E-state index contributed by atoms with van der Waals surface area (Å²) >= 11 is 0. The molecule has 0 saturated carbocycles. The molecule has 1 atom stereocenters. The molecule has 0 aromatic carbocycles. The van der Waals surface area contributed by atoms with Crippen molar-refractivity contribution in [1.29, 1.82) is 0 Å². The van der Waals surface area contributed by atoms with Crippen LogP contribution in [0.1, 0.15) is 26.2 Å². The van der Waals surface area contributed by atoms with Crippen LogP contribution < -0.4 is 5.32 Å². The van der Waals surface area contributed by atoms with Crippen LogP contribution in [-0.4, -0.2) is 26.3 Å². The highest BCUT2D eigenvalue weighted by atomic mass is 16.5. The van der Waals surface area contributed by atoms with E-state index in [0.29, 0.717) is 0 Å². The molecular weight excluding hydrogens is 162 g/mol. The van der Waals surface area contributed by atoms with Crippen molar-refractivity contribution in [3.8, 4) is 0 Å². The van der Waals surface area contributed by atoms with Gasteiger partial charge in [0.05, 0.1) is 6.61 Å². The quantitative estimate of drug-likeness (QED) is 0.520. The predicted octanol–water partition coefficient (Wildman–Crippen LogP) is 1.97. The van der Waals surface area contributed by atoms with E-state index >= 15 is 0 Å². The van der Waals surface area contributed by atoms with Crippen LogP contribution in [0.15, 0.2) is 12.2 Å². The topological polar surface area (TPSA) is 21.3 Å². The van der Waals surface area contributed by atoms with E-state index < -0.39 is 0 Å². The first kappa shape index (κ1) is 10.7. The number of nitrogens with one attached hydrogen (secondary N) is 1. The van der Waals surface area contributed by atoms with Crippen LogP contribution in [0.2, 0.25) is 0 Å². The first-order valence-electron chi connectivity index (χ1n) is 5.22. The zero-order chi connectivity index (χ0) is 9.52. The van der Waals surface area contributed by atoms with E-state index in [1.807, 2.05) is 6.92 Å². The average molecular weight is 183 g/mol. The van der Waals surface area contributed by atoms with Crippen molar-refractivity contribution in [2.45, 2.75) is 26.2 Å². The maximum atomic E-state index is 5.47. The van der Waals surface area contributed by atoms with Gasteiger partial charge in [-0.3, -0.25) is 0 Å². The Labute approximate surface area is 81.4 Å². The number of hydrogen-bond donors (Lipinski definition) is 1. The van der Waals surface area contributed by atoms with Crippen LogP contribution in [0.25, 0.3) is 0 Å². The maximum Gasteiger partial charge on any atom is 0.0671 e. The Balaban J connectivity index is 1.95. The second-order valence-corrected chi connectivity index (χ2v) is 4.01. The van der Waals surface area contributed by atoms with Crippen LogP contribution in [0.5, 0.6) is 0 Å². The smallest absolute Gasteiger partial charge is 0.0671 e. The normalized spacial score (nSPS) is 23.0. The van der Waals surface area contributed by atoms with Gasteiger partial charge in [0.2, 0.25) is 0 Å². The Morgan fingerprint density at radius 3 is 3.08 bits per heavy atom. The van der Waals surface area contributed by atoms with Crippen molar-refractivity contribution < 1.29 is 4.74 Å². The zero-order valence-electron chi connectivity index (χ0n) is 8.64. The molecule has 0 spiro atoms. The van der Waals surface area contributed by atoms with Crippen LogP contribution >= 0.6 is 0 Å². The van der Waals surface area contributed by atoms with E-state index in [1.165, 1.54) is 32.4 Å². The molecule has 1 aliphatic heterocycles. The van der Waals surface area contributed by atoms with Gasteiger partial charge in [0.1, 0.15) is 0 Å². The lowest BCUT2D eigenvalue weighted by molar-refractivity contribution is 0.134. The molecule has 2 heteroatoms. The Morgan fingerprint density at radius 2 is 2.46 bits per heavy atom. The van der Waals surface area contributed by atoms with Crippen molar-refractivity contribution in [3.05, 3.63) is 12.2 Å². The maximum absolute atomic E-state index is 5.47. The molecule has 1 aliphatic rings. The van der Waals surface area contributed by atoms with Gasteiger partial charge in [0, 0.05) is 6.61 Å². The lowest BCUT2D eigenvalue weighted by Crippen LogP contribution is -2.30. The molecule has 0 unspecified atom stereocenters. The fourth-order valence-corrected chi connectivity index (χ4v) is 1.67. The molecule has 1 saturated heterocycles. The van der Waals surface area contributed by atoms with Crippen LogP contribution in [0.4, 0.5) is 0 Å². The monoisotopic (exact) mass is 183 g/mol. The van der Waals surface area contributed by atoms with Crippen molar-refractivity contribution in [1.82, 2.24) is 5.32 Å². The first-order chi connectivity index (χ1) is 6.29. The Kier molecular flexibility index (Phi) is 5.09. The minimum Gasteiger partial charge on any atom is -0.377 e. The molecule has 0 amide bonds. The van der Waals surface area contributed by atoms with Crippen molar-refractivity contribution in [2.75, 3.05) is 26.3 Å². The van der Waals surface area contributed by atoms with E-state index in [0.717, 1.165) is 24.7 Å². The number of rotatable bonds is 5. The number of piperidine rings is 1. The summed E-state index contributed by atoms with van der Waals surface area (Å²) in [4.78, 5) is 0. The zero-order valence-corrected chi connectivity index (χ0v) is 8.64. The number of hydrogen-bond acceptors (Lipinski definition) is 2. The summed E-state index contributed by atoms with van der Waals surface area (Å²) in [5, 5.41) is 3.41. The molecule has 1 rings (SSSR count). The molecule has 2 nitrogen and oxygen atoms in total. The molecule has 1 N–H and O–H groups in total. The molecule has 76 valence electrons. The lowest BCUT2D eigenvalue weighted by atomic mass is 9.97. The molecule has 1 heterocycles. The summed E-state index contributed by atoms with van der Waals surface area (Å²) in [6.07, 6.45) is 3.88. The molecule has 0 radical (unpaired) electrons. The van der Waals surface area contributed by atoms with Crippen LogP contribution in [-0.2, 0) is 4.74 Å². The van der Waals surface area contributed by atoms with Gasteiger partial charge in [0.15, 0.2) is 0 Å². The van der Waals surface area contributed by atoms with E-state index in [9.17, 15) is 0 Å². The lowest BCUT2D eigenvalue weighted by Gasteiger charge is -2.22. The highest BCUT2D eigenvalue weighted by molar-refractivity contribution is 4.87. The summed E-state index contributed by atoms with van der Waals surface area (Å²) in [7, 11) is 0. The predicted molar refractivity (Wildman–Crippen MR) is 55.8 cm³/mol. The van der Waals surface area contributed by atoms with Crippen molar-refractivity contribution >= 4 is 0 Å². The summed E-state index contributed by atoms with van der Waals surface area (Å²) in [6.45, 7) is 9.79. The summed E-state index contributed by atoms with van der Waals surface area (Å²) < 4.78 is 5.47. The Hall–Kier alpha value is -0.340. The van der Waals surface area contributed by atoms with Gasteiger partial charge in [-0.1, -0.05) is 12.2 Å². The van der Waals surface area contributed by atoms with Gasteiger partial charge >= 0.3 is 0 Å². The van der Waals surface area contributed by atoms with E-state index in [-0.39, 0.29) is 0 Å². The van der Waals surface area contributed by atoms with Crippen molar-refractivity contribution in [3.63, 3.8) is 0 Å². The van der Waals surface area contributed by atoms with Gasteiger partial charge in [-0.05, 0) is 45.2 Å². The second kappa shape index (κ2) is 6.17. The van der Waals surface area contributed by atoms with Gasteiger partial charge in [0.25, 0.3) is 0 Å². The third-order valence-corrected chi connectivity index (χ3v) is 2.42.